The van der Waals surface area contributed by atoms with E-state index in [4.69, 9.17) is 0 Å². The minimum atomic E-state index is -3.62. The van der Waals surface area contributed by atoms with Crippen LogP contribution in [0.3, 0.4) is 0 Å². The van der Waals surface area contributed by atoms with E-state index in [2.05, 4.69) is 15.0 Å². The Morgan fingerprint density at radius 1 is 1.19 bits per heavy atom. The molecule has 1 aromatic carbocycles. The molecule has 0 bridgehead atoms. The first-order valence-corrected chi connectivity index (χ1v) is 9.72. The predicted octanol–water partition coefficient (Wildman–Crippen LogP) is 3.43. The smallest absolute Gasteiger partial charge is 0.258 e. The van der Waals surface area contributed by atoms with E-state index in [-0.39, 0.29) is 11.3 Å². The van der Waals surface area contributed by atoms with Gasteiger partial charge in [0.1, 0.15) is 5.82 Å². The van der Waals surface area contributed by atoms with Crippen molar-refractivity contribution in [1.82, 2.24) is 9.71 Å². The van der Waals surface area contributed by atoms with Crippen LogP contribution in [-0.4, -0.2) is 31.4 Å². The minimum Gasteiger partial charge on any atom is -0.361 e. The molecule has 2 N–H and O–H groups in total. The fourth-order valence-electron chi connectivity index (χ4n) is 2.97. The number of pyridine rings is 1. The van der Waals surface area contributed by atoms with Crippen LogP contribution in [-0.2, 0) is 16.4 Å². The van der Waals surface area contributed by atoms with Gasteiger partial charge in [0.2, 0.25) is 10.0 Å². The quantitative estimate of drug-likeness (QED) is 0.851. The highest BCUT2D eigenvalue weighted by Gasteiger charge is 2.31. The molecule has 0 spiro atoms. The average molecular weight is 381 g/mol. The molecule has 26 heavy (non-hydrogen) atoms. The molecule has 5 nitrogen and oxygen atoms in total. The number of halogens is 2. The molecule has 0 saturated carbocycles. The van der Waals surface area contributed by atoms with E-state index in [0.717, 1.165) is 16.7 Å². The highest BCUT2D eigenvalue weighted by atomic mass is 32.2. The van der Waals surface area contributed by atoms with Crippen molar-refractivity contribution in [2.24, 2.45) is 0 Å². The first kappa shape index (κ1) is 18.7. The Morgan fingerprint density at radius 3 is 2.42 bits per heavy atom. The second kappa shape index (κ2) is 6.59. The number of aromatic nitrogens is 1. The molecule has 2 heterocycles. The van der Waals surface area contributed by atoms with Gasteiger partial charge in [-0.05, 0) is 50.1 Å². The Morgan fingerprint density at radius 2 is 1.85 bits per heavy atom. The van der Waals surface area contributed by atoms with Crippen LogP contribution in [0.4, 0.5) is 14.6 Å². The Hall–Kier alpha value is -2.06. The molecule has 3 rings (SSSR count). The molecule has 2 aromatic rings. The van der Waals surface area contributed by atoms with Gasteiger partial charge in [-0.25, -0.2) is 26.9 Å². The summed E-state index contributed by atoms with van der Waals surface area (Å²) in [4.78, 5) is 4.28. The molecular weight excluding hydrogens is 360 g/mol. The van der Waals surface area contributed by atoms with Gasteiger partial charge in [-0.15, -0.1) is 0 Å². The number of nitrogens with one attached hydrogen (secondary N) is 2. The molecular formula is C18H21F2N3O2S. The van der Waals surface area contributed by atoms with Crippen molar-refractivity contribution in [3.8, 4) is 11.1 Å². The standard InChI is InChI=1S/C18H21F2N3O2S/c1-18(2,3)23-26(24,25)12-6-4-11(5-7-12)13-8-9-21-17-14(13)10-15(22-17)16(19)20/h4-9,15-16,23H,10H2,1-3H3,(H,21,22). The van der Waals surface area contributed by atoms with Crippen molar-refractivity contribution in [2.45, 2.75) is 50.1 Å². The van der Waals surface area contributed by atoms with Gasteiger partial charge in [-0.2, -0.15) is 0 Å². The first-order chi connectivity index (χ1) is 12.1. The fraction of sp³-hybridized carbons (Fsp3) is 0.389. The lowest BCUT2D eigenvalue weighted by atomic mass is 9.99. The molecule has 8 heteroatoms. The zero-order valence-electron chi connectivity index (χ0n) is 14.8. The van der Waals surface area contributed by atoms with E-state index in [0.29, 0.717) is 5.82 Å². The van der Waals surface area contributed by atoms with Gasteiger partial charge >= 0.3 is 0 Å². The van der Waals surface area contributed by atoms with Crippen molar-refractivity contribution in [3.05, 3.63) is 42.1 Å². The van der Waals surface area contributed by atoms with Crippen LogP contribution < -0.4 is 10.0 Å². The molecule has 1 unspecified atom stereocenters. The van der Waals surface area contributed by atoms with E-state index in [9.17, 15) is 17.2 Å². The third-order valence-corrected chi connectivity index (χ3v) is 5.80. The molecule has 0 fully saturated rings. The topological polar surface area (TPSA) is 71.1 Å². The van der Waals surface area contributed by atoms with Crippen LogP contribution in [0.5, 0.6) is 0 Å². The van der Waals surface area contributed by atoms with Crippen molar-refractivity contribution in [2.75, 3.05) is 5.32 Å². The highest BCUT2D eigenvalue weighted by Crippen LogP contribution is 2.35. The van der Waals surface area contributed by atoms with Gasteiger partial charge in [0.25, 0.3) is 6.43 Å². The summed E-state index contributed by atoms with van der Waals surface area (Å²) < 4.78 is 53.4. The number of sulfonamides is 1. The van der Waals surface area contributed by atoms with Gasteiger partial charge in [-0.3, -0.25) is 0 Å². The maximum absolute atomic E-state index is 13.0. The number of rotatable bonds is 4. The summed E-state index contributed by atoms with van der Waals surface area (Å²) in [5.41, 5.74) is 1.68. The van der Waals surface area contributed by atoms with Gasteiger partial charge in [0, 0.05) is 23.7 Å². The van der Waals surface area contributed by atoms with Gasteiger partial charge in [-0.1, -0.05) is 12.1 Å². The number of fused-ring (bicyclic) bond motifs is 1. The zero-order valence-corrected chi connectivity index (χ0v) is 15.6. The average Bonchev–Trinajstić information content (AvgIpc) is 2.97. The number of anilines is 1. The molecule has 0 amide bonds. The third kappa shape index (κ3) is 3.86. The molecule has 0 radical (unpaired) electrons. The molecule has 140 valence electrons. The van der Waals surface area contributed by atoms with Crippen LogP contribution in [0.25, 0.3) is 11.1 Å². The summed E-state index contributed by atoms with van der Waals surface area (Å²) in [5.74, 6) is 0.457. The van der Waals surface area contributed by atoms with Gasteiger partial charge in [0.15, 0.2) is 0 Å². The molecule has 1 aromatic heterocycles. The Labute approximate surface area is 151 Å². The number of hydrogen-bond donors (Lipinski definition) is 2. The SMILES string of the molecule is CC(C)(C)NS(=O)(=O)c1ccc(-c2ccnc3c2CC(C(F)F)N3)cc1. The second-order valence-corrected chi connectivity index (χ2v) is 9.04. The molecule has 0 saturated heterocycles. The van der Waals surface area contributed by atoms with E-state index in [1.165, 1.54) is 12.1 Å². The Kier molecular flexibility index (Phi) is 4.74. The largest absolute Gasteiger partial charge is 0.361 e. The van der Waals surface area contributed by atoms with E-state index >= 15 is 0 Å². The third-order valence-electron chi connectivity index (χ3n) is 4.02. The Balaban J connectivity index is 1.91. The summed E-state index contributed by atoms with van der Waals surface area (Å²) in [5, 5.41) is 2.74. The van der Waals surface area contributed by atoms with Crippen LogP contribution in [0, 0.1) is 0 Å². The summed E-state index contributed by atoms with van der Waals surface area (Å²) >= 11 is 0. The Bertz CT molecular complexity index is 907. The van der Waals surface area contributed by atoms with Crippen molar-refractivity contribution < 1.29 is 17.2 Å². The molecule has 1 aliphatic heterocycles. The van der Waals surface area contributed by atoms with Gasteiger partial charge in [0.05, 0.1) is 10.9 Å². The summed E-state index contributed by atoms with van der Waals surface area (Å²) in [6.45, 7) is 5.31. The molecule has 1 atom stereocenters. The van der Waals surface area contributed by atoms with E-state index in [1.54, 1.807) is 45.2 Å². The lowest BCUT2D eigenvalue weighted by Gasteiger charge is -2.20. The van der Waals surface area contributed by atoms with Crippen molar-refractivity contribution >= 4 is 15.8 Å². The normalized spacial score (nSPS) is 17.2. The second-order valence-electron chi connectivity index (χ2n) is 7.35. The van der Waals surface area contributed by atoms with Crippen molar-refractivity contribution in [3.63, 3.8) is 0 Å². The van der Waals surface area contributed by atoms with Crippen LogP contribution in [0.2, 0.25) is 0 Å². The lowest BCUT2D eigenvalue weighted by Crippen LogP contribution is -2.40. The van der Waals surface area contributed by atoms with Crippen LogP contribution >= 0.6 is 0 Å². The number of benzene rings is 1. The van der Waals surface area contributed by atoms with Gasteiger partial charge < -0.3 is 5.32 Å². The predicted molar refractivity (Wildman–Crippen MR) is 96.9 cm³/mol. The summed E-state index contributed by atoms with van der Waals surface area (Å²) in [6, 6.07) is 7.21. The van der Waals surface area contributed by atoms with Crippen LogP contribution in [0.1, 0.15) is 26.3 Å². The highest BCUT2D eigenvalue weighted by molar-refractivity contribution is 7.89. The first-order valence-electron chi connectivity index (χ1n) is 8.24. The number of alkyl halides is 2. The summed E-state index contributed by atoms with van der Waals surface area (Å²) in [6.07, 6.45) is -0.740. The zero-order chi connectivity index (χ0) is 19.1. The maximum atomic E-state index is 13.0. The van der Waals surface area contributed by atoms with E-state index < -0.39 is 28.0 Å². The molecule has 1 aliphatic rings. The van der Waals surface area contributed by atoms with E-state index in [1.807, 2.05) is 0 Å². The lowest BCUT2D eigenvalue weighted by molar-refractivity contribution is 0.126. The van der Waals surface area contributed by atoms with Crippen molar-refractivity contribution in [1.29, 1.82) is 0 Å². The fourth-order valence-corrected chi connectivity index (χ4v) is 4.39. The summed E-state index contributed by atoms with van der Waals surface area (Å²) in [7, 11) is -3.62. The van der Waals surface area contributed by atoms with Crippen LogP contribution in [0.15, 0.2) is 41.4 Å². The monoisotopic (exact) mass is 381 g/mol. The number of hydrogen-bond acceptors (Lipinski definition) is 4. The maximum Gasteiger partial charge on any atom is 0.258 e. The minimum absolute atomic E-state index is 0.158. The molecule has 0 aliphatic carbocycles. The number of nitrogens with zero attached hydrogens (tertiary/aromatic N) is 1.